The molecular formula is C14H15Cl2NO3. The van der Waals surface area contributed by atoms with Gasteiger partial charge < -0.3 is 10.4 Å². The van der Waals surface area contributed by atoms with Crippen LogP contribution >= 0.6 is 23.2 Å². The topological polar surface area (TPSA) is 66.4 Å². The second kappa shape index (κ2) is 5.26. The summed E-state index contributed by atoms with van der Waals surface area (Å²) in [6.07, 6.45) is 0.635. The monoisotopic (exact) mass is 315 g/mol. The number of carboxylic acid groups (broad SMARTS) is 1. The zero-order valence-electron chi connectivity index (χ0n) is 10.9. The van der Waals surface area contributed by atoms with Crippen molar-refractivity contribution >= 4 is 35.1 Å². The molecule has 1 fully saturated rings. The standard InChI is InChI=1S/C14H15Cl2NO3/c1-13(8-14(13,15)16)7-10(18)17-11(12(19)20)9-5-3-2-4-6-9/h2-6,11H,7-8H2,1H3,(H,17,18)(H,19,20)/t11-,13?/m0/s1. The summed E-state index contributed by atoms with van der Waals surface area (Å²) in [6.45, 7) is 1.81. The Balaban J connectivity index is 2.03. The Bertz CT molecular complexity index is 532. The normalized spacial score (nSPS) is 24.8. The molecule has 2 atom stereocenters. The Morgan fingerprint density at radius 3 is 2.35 bits per heavy atom. The maximum atomic E-state index is 12.0. The molecule has 0 radical (unpaired) electrons. The lowest BCUT2D eigenvalue weighted by Gasteiger charge is -2.17. The van der Waals surface area contributed by atoms with Gasteiger partial charge in [-0.05, 0) is 12.0 Å². The minimum Gasteiger partial charge on any atom is -0.479 e. The first-order chi connectivity index (χ1) is 9.25. The van der Waals surface area contributed by atoms with Crippen LogP contribution in [0.15, 0.2) is 30.3 Å². The second-order valence-corrected chi connectivity index (χ2v) is 6.85. The van der Waals surface area contributed by atoms with Crippen LogP contribution in [0.1, 0.15) is 31.4 Å². The highest BCUT2D eigenvalue weighted by Crippen LogP contribution is 2.65. The van der Waals surface area contributed by atoms with Crippen molar-refractivity contribution in [3.63, 3.8) is 0 Å². The number of hydrogen-bond donors (Lipinski definition) is 2. The van der Waals surface area contributed by atoms with Crippen LogP contribution in [-0.4, -0.2) is 21.3 Å². The third kappa shape index (κ3) is 3.07. The van der Waals surface area contributed by atoms with Gasteiger partial charge in [-0.25, -0.2) is 4.79 Å². The van der Waals surface area contributed by atoms with Gasteiger partial charge in [-0.15, -0.1) is 23.2 Å². The lowest BCUT2D eigenvalue weighted by Crippen LogP contribution is -2.35. The first kappa shape index (κ1) is 15.1. The number of amides is 1. The van der Waals surface area contributed by atoms with Crippen LogP contribution in [-0.2, 0) is 9.59 Å². The quantitative estimate of drug-likeness (QED) is 0.821. The van der Waals surface area contributed by atoms with E-state index in [0.717, 1.165) is 0 Å². The number of halogens is 2. The van der Waals surface area contributed by atoms with Gasteiger partial charge in [0.2, 0.25) is 5.91 Å². The zero-order valence-corrected chi connectivity index (χ0v) is 12.4. The number of carboxylic acids is 1. The molecule has 2 rings (SSSR count). The van der Waals surface area contributed by atoms with Crippen molar-refractivity contribution in [2.45, 2.75) is 30.1 Å². The minimum atomic E-state index is -1.10. The number of carbonyl (C=O) groups is 2. The lowest BCUT2D eigenvalue weighted by atomic mass is 10.0. The molecule has 1 amide bonds. The predicted molar refractivity (Wildman–Crippen MR) is 76.7 cm³/mol. The summed E-state index contributed by atoms with van der Waals surface area (Å²) in [4.78, 5) is 23.3. The van der Waals surface area contributed by atoms with Crippen LogP contribution < -0.4 is 5.32 Å². The zero-order chi connectivity index (χ0) is 15.0. The largest absolute Gasteiger partial charge is 0.479 e. The van der Waals surface area contributed by atoms with Gasteiger partial charge in [0.05, 0.1) is 0 Å². The molecule has 1 aliphatic rings. The van der Waals surface area contributed by atoms with E-state index in [9.17, 15) is 14.7 Å². The van der Waals surface area contributed by atoms with Crippen molar-refractivity contribution in [2.24, 2.45) is 5.41 Å². The number of hydrogen-bond acceptors (Lipinski definition) is 2. The lowest BCUT2D eigenvalue weighted by molar-refractivity contribution is -0.142. The summed E-state index contributed by atoms with van der Waals surface area (Å²) in [5.41, 5.74) is 0.0391. The Morgan fingerprint density at radius 1 is 1.35 bits per heavy atom. The van der Waals surface area contributed by atoms with Crippen molar-refractivity contribution in [1.82, 2.24) is 5.32 Å². The fourth-order valence-corrected chi connectivity index (χ4v) is 2.86. The van der Waals surface area contributed by atoms with Gasteiger partial charge >= 0.3 is 5.97 Å². The molecule has 0 aromatic heterocycles. The van der Waals surface area contributed by atoms with Crippen molar-refractivity contribution < 1.29 is 14.7 Å². The van der Waals surface area contributed by atoms with Crippen LogP contribution in [0, 0.1) is 5.41 Å². The summed E-state index contributed by atoms with van der Waals surface area (Å²) in [5, 5.41) is 11.7. The molecule has 6 heteroatoms. The molecule has 4 nitrogen and oxygen atoms in total. The van der Waals surface area contributed by atoms with E-state index in [1.807, 2.05) is 6.92 Å². The molecule has 1 unspecified atom stereocenters. The van der Waals surface area contributed by atoms with Gasteiger partial charge in [0.25, 0.3) is 0 Å². The smallest absolute Gasteiger partial charge is 0.330 e. The van der Waals surface area contributed by atoms with Gasteiger partial charge in [-0.2, -0.15) is 0 Å². The molecule has 0 aliphatic heterocycles. The molecule has 108 valence electrons. The maximum Gasteiger partial charge on any atom is 0.330 e. The molecular weight excluding hydrogens is 301 g/mol. The third-order valence-electron chi connectivity index (χ3n) is 3.61. The van der Waals surface area contributed by atoms with Crippen LogP contribution in [0.25, 0.3) is 0 Å². The minimum absolute atomic E-state index is 0.108. The van der Waals surface area contributed by atoms with E-state index in [4.69, 9.17) is 23.2 Å². The summed E-state index contributed by atoms with van der Waals surface area (Å²) in [5.74, 6) is -1.47. The number of carbonyl (C=O) groups excluding carboxylic acids is 1. The summed E-state index contributed by atoms with van der Waals surface area (Å²) >= 11 is 12.0. The number of aliphatic carboxylic acids is 1. The number of alkyl halides is 2. The Kier molecular flexibility index (Phi) is 3.98. The summed E-state index contributed by atoms with van der Waals surface area (Å²) < 4.78 is -0.893. The van der Waals surface area contributed by atoms with Crippen molar-refractivity contribution in [1.29, 1.82) is 0 Å². The van der Waals surface area contributed by atoms with Gasteiger partial charge in [0.1, 0.15) is 4.33 Å². The Hall–Kier alpha value is -1.26. The van der Waals surface area contributed by atoms with E-state index in [2.05, 4.69) is 5.32 Å². The predicted octanol–water partition coefficient (Wildman–Crippen LogP) is 2.90. The fourth-order valence-electron chi connectivity index (χ4n) is 2.14. The van der Waals surface area contributed by atoms with E-state index in [-0.39, 0.29) is 12.3 Å². The highest BCUT2D eigenvalue weighted by Gasteiger charge is 2.63. The van der Waals surface area contributed by atoms with Gasteiger partial charge in [0.15, 0.2) is 6.04 Å². The molecule has 1 aromatic carbocycles. The van der Waals surface area contributed by atoms with Crippen LogP contribution in [0.4, 0.5) is 0 Å². The van der Waals surface area contributed by atoms with Crippen LogP contribution in [0.2, 0.25) is 0 Å². The van der Waals surface area contributed by atoms with E-state index < -0.39 is 21.8 Å². The first-order valence-electron chi connectivity index (χ1n) is 6.20. The van der Waals surface area contributed by atoms with Gasteiger partial charge in [0, 0.05) is 11.8 Å². The Morgan fingerprint density at radius 2 is 1.90 bits per heavy atom. The second-order valence-electron chi connectivity index (χ2n) is 5.37. The average Bonchev–Trinajstić information content (AvgIpc) is 2.85. The Labute approximate surface area is 127 Å². The third-order valence-corrected chi connectivity index (χ3v) is 4.79. The fraction of sp³-hybridized carbons (Fsp3) is 0.429. The molecule has 1 aromatic rings. The highest BCUT2D eigenvalue weighted by molar-refractivity contribution is 6.51. The molecule has 1 saturated carbocycles. The molecule has 0 spiro atoms. The molecule has 1 aliphatic carbocycles. The van der Waals surface area contributed by atoms with Gasteiger partial charge in [-0.1, -0.05) is 37.3 Å². The summed E-state index contributed by atoms with van der Waals surface area (Å²) in [7, 11) is 0. The van der Waals surface area contributed by atoms with Crippen molar-refractivity contribution in [2.75, 3.05) is 0 Å². The van der Waals surface area contributed by atoms with E-state index in [0.29, 0.717) is 12.0 Å². The van der Waals surface area contributed by atoms with E-state index >= 15 is 0 Å². The van der Waals surface area contributed by atoms with Crippen LogP contribution in [0.5, 0.6) is 0 Å². The number of rotatable bonds is 5. The van der Waals surface area contributed by atoms with E-state index in [1.54, 1.807) is 30.3 Å². The van der Waals surface area contributed by atoms with E-state index in [1.165, 1.54) is 0 Å². The van der Waals surface area contributed by atoms with Crippen molar-refractivity contribution in [3.8, 4) is 0 Å². The summed E-state index contributed by atoms with van der Waals surface area (Å²) in [6, 6.07) is 7.48. The van der Waals surface area contributed by atoms with Gasteiger partial charge in [-0.3, -0.25) is 4.79 Å². The number of nitrogens with one attached hydrogen (secondary N) is 1. The first-order valence-corrected chi connectivity index (χ1v) is 6.96. The molecule has 20 heavy (non-hydrogen) atoms. The van der Waals surface area contributed by atoms with Crippen LogP contribution in [0.3, 0.4) is 0 Å². The van der Waals surface area contributed by atoms with Crippen molar-refractivity contribution in [3.05, 3.63) is 35.9 Å². The molecule has 2 N–H and O–H groups in total. The molecule has 0 saturated heterocycles. The average molecular weight is 316 g/mol. The molecule has 0 bridgehead atoms. The molecule has 0 heterocycles. The SMILES string of the molecule is CC1(CC(=O)N[C@H](C(=O)O)c2ccccc2)CC1(Cl)Cl. The number of benzene rings is 1. The highest BCUT2D eigenvalue weighted by atomic mass is 35.5. The maximum absolute atomic E-state index is 12.0.